The van der Waals surface area contributed by atoms with E-state index in [9.17, 15) is 20.1 Å². The highest BCUT2D eigenvalue weighted by Crippen LogP contribution is 2.20. The van der Waals surface area contributed by atoms with Crippen molar-refractivity contribution in [2.24, 2.45) is 0 Å². The van der Waals surface area contributed by atoms with Crippen LogP contribution in [-0.4, -0.2) is 63.6 Å². The first-order valence-corrected chi connectivity index (χ1v) is 11.6. The first-order chi connectivity index (χ1) is 14.0. The molecule has 1 amide bonds. The van der Waals surface area contributed by atoms with Gasteiger partial charge in [-0.3, -0.25) is 4.79 Å². The fourth-order valence-electron chi connectivity index (χ4n) is 3.75. The lowest BCUT2D eigenvalue weighted by molar-refractivity contribution is -0.236. The maximum Gasteiger partial charge on any atom is 0.222 e. The standard InChI is InChI=1S/C22H43NO6/c1-2-3-4-5-6-7-8-9-10-11-12-13-14-15-18(25)23-22-21(28)20(27)19(26)17(16-24)29-22/h17,19-22,24,26-28H,2-16H2,1H3,(H,23,25)/t17-,19+,20+,21-,22-/m1/s1. The third kappa shape index (κ3) is 10.7. The molecule has 0 bridgehead atoms. The maximum atomic E-state index is 12.0. The highest BCUT2D eigenvalue weighted by atomic mass is 16.6. The summed E-state index contributed by atoms with van der Waals surface area (Å²) in [6, 6.07) is 0. The van der Waals surface area contributed by atoms with E-state index >= 15 is 0 Å². The normalized spacial score (nSPS) is 27.1. The lowest BCUT2D eigenvalue weighted by Gasteiger charge is -2.40. The average molecular weight is 418 g/mol. The molecule has 1 rings (SSSR count). The van der Waals surface area contributed by atoms with Gasteiger partial charge in [0.1, 0.15) is 24.4 Å². The number of aliphatic hydroxyl groups is 4. The Kier molecular flexibility index (Phi) is 14.5. The van der Waals surface area contributed by atoms with Crippen molar-refractivity contribution in [1.29, 1.82) is 0 Å². The van der Waals surface area contributed by atoms with E-state index in [0.29, 0.717) is 6.42 Å². The van der Waals surface area contributed by atoms with Gasteiger partial charge in [-0.1, -0.05) is 84.0 Å². The van der Waals surface area contributed by atoms with Crippen LogP contribution in [0.3, 0.4) is 0 Å². The zero-order chi connectivity index (χ0) is 21.5. The molecule has 0 aliphatic carbocycles. The van der Waals surface area contributed by atoms with Gasteiger partial charge in [0.25, 0.3) is 0 Å². The Hall–Kier alpha value is -0.730. The highest BCUT2D eigenvalue weighted by molar-refractivity contribution is 5.76. The molecule has 1 fully saturated rings. The lowest BCUT2D eigenvalue weighted by atomic mass is 9.98. The lowest BCUT2D eigenvalue weighted by Crippen LogP contribution is -2.63. The van der Waals surface area contributed by atoms with Crippen molar-refractivity contribution in [2.45, 2.75) is 127 Å². The molecule has 0 unspecified atom stereocenters. The molecule has 0 saturated carbocycles. The quantitative estimate of drug-likeness (QED) is 0.246. The summed E-state index contributed by atoms with van der Waals surface area (Å²) in [6.07, 6.45) is 9.96. The first-order valence-electron chi connectivity index (χ1n) is 11.6. The zero-order valence-corrected chi connectivity index (χ0v) is 18.1. The molecule has 0 aromatic carbocycles. The maximum absolute atomic E-state index is 12.0. The van der Waals surface area contributed by atoms with E-state index in [1.165, 1.54) is 64.2 Å². The van der Waals surface area contributed by atoms with Crippen LogP contribution < -0.4 is 5.32 Å². The number of unbranched alkanes of at least 4 members (excludes halogenated alkanes) is 12. The van der Waals surface area contributed by atoms with Crippen molar-refractivity contribution in [1.82, 2.24) is 5.32 Å². The van der Waals surface area contributed by atoms with Crippen LogP contribution in [0, 0.1) is 0 Å². The zero-order valence-electron chi connectivity index (χ0n) is 18.1. The monoisotopic (exact) mass is 417 g/mol. The molecule has 172 valence electrons. The summed E-state index contributed by atoms with van der Waals surface area (Å²) >= 11 is 0. The van der Waals surface area contributed by atoms with Gasteiger partial charge in [-0.2, -0.15) is 0 Å². The number of amides is 1. The minimum absolute atomic E-state index is 0.266. The van der Waals surface area contributed by atoms with Crippen LogP contribution in [0.1, 0.15) is 96.8 Å². The van der Waals surface area contributed by atoms with E-state index in [-0.39, 0.29) is 5.91 Å². The van der Waals surface area contributed by atoms with E-state index in [1.807, 2.05) is 0 Å². The molecule has 1 aliphatic heterocycles. The molecular weight excluding hydrogens is 374 g/mol. The summed E-state index contributed by atoms with van der Waals surface area (Å²) in [6.45, 7) is 1.74. The number of nitrogens with one attached hydrogen (secondary N) is 1. The van der Waals surface area contributed by atoms with Gasteiger partial charge in [0.15, 0.2) is 6.23 Å². The molecule has 29 heavy (non-hydrogen) atoms. The summed E-state index contributed by atoms with van der Waals surface area (Å²) in [7, 11) is 0. The van der Waals surface area contributed by atoms with Crippen molar-refractivity contribution in [3.05, 3.63) is 0 Å². The average Bonchev–Trinajstić information content (AvgIpc) is 2.71. The summed E-state index contributed by atoms with van der Waals surface area (Å²) < 4.78 is 5.28. The van der Waals surface area contributed by atoms with Gasteiger partial charge in [0.2, 0.25) is 5.91 Å². The first kappa shape index (κ1) is 26.3. The Bertz CT molecular complexity index is 420. The second kappa shape index (κ2) is 16.0. The molecule has 0 spiro atoms. The molecule has 0 aromatic heterocycles. The highest BCUT2D eigenvalue weighted by Gasteiger charge is 2.43. The summed E-state index contributed by atoms with van der Waals surface area (Å²) in [5.41, 5.74) is 0. The van der Waals surface area contributed by atoms with Crippen molar-refractivity contribution >= 4 is 5.91 Å². The smallest absolute Gasteiger partial charge is 0.222 e. The van der Waals surface area contributed by atoms with E-state index in [2.05, 4.69) is 12.2 Å². The molecule has 1 saturated heterocycles. The Labute approximate surface area is 175 Å². The third-order valence-electron chi connectivity index (χ3n) is 5.70. The van der Waals surface area contributed by atoms with Gasteiger partial charge in [-0.15, -0.1) is 0 Å². The largest absolute Gasteiger partial charge is 0.394 e. The predicted octanol–water partition coefficient (Wildman–Crippen LogP) is 2.38. The van der Waals surface area contributed by atoms with Crippen LogP contribution in [0.5, 0.6) is 0 Å². The summed E-state index contributed by atoms with van der Waals surface area (Å²) in [5.74, 6) is -0.266. The number of carbonyl (C=O) groups is 1. The van der Waals surface area contributed by atoms with Crippen molar-refractivity contribution < 1.29 is 30.0 Å². The number of rotatable bonds is 16. The summed E-state index contributed by atoms with van der Waals surface area (Å²) in [5, 5.41) is 41.1. The van der Waals surface area contributed by atoms with Gasteiger partial charge < -0.3 is 30.5 Å². The summed E-state index contributed by atoms with van der Waals surface area (Å²) in [4.78, 5) is 12.0. The molecule has 1 heterocycles. The number of aliphatic hydroxyl groups excluding tert-OH is 4. The van der Waals surface area contributed by atoms with Crippen LogP contribution in [-0.2, 0) is 9.53 Å². The Morgan fingerprint density at radius 2 is 1.24 bits per heavy atom. The molecular formula is C22H43NO6. The molecule has 7 heteroatoms. The minimum atomic E-state index is -1.47. The van der Waals surface area contributed by atoms with Crippen molar-refractivity contribution in [3.8, 4) is 0 Å². The molecule has 0 aromatic rings. The predicted molar refractivity (Wildman–Crippen MR) is 112 cm³/mol. The SMILES string of the molecule is CCCCCCCCCCCCCCCC(=O)N[C@@H]1O[C@H](CO)[C@H](O)[C@H](O)[C@H]1O. The Balaban J connectivity index is 2.00. The molecule has 5 N–H and O–H groups in total. The molecule has 7 nitrogen and oxygen atoms in total. The Morgan fingerprint density at radius 1 is 0.759 bits per heavy atom. The van der Waals surface area contributed by atoms with Gasteiger partial charge >= 0.3 is 0 Å². The van der Waals surface area contributed by atoms with E-state index in [4.69, 9.17) is 9.84 Å². The Morgan fingerprint density at radius 3 is 1.72 bits per heavy atom. The fraction of sp³-hybridized carbons (Fsp3) is 0.955. The number of hydrogen-bond donors (Lipinski definition) is 5. The number of hydrogen-bond acceptors (Lipinski definition) is 6. The molecule has 1 aliphatic rings. The van der Waals surface area contributed by atoms with Gasteiger partial charge in [0.05, 0.1) is 6.61 Å². The number of ether oxygens (including phenoxy) is 1. The van der Waals surface area contributed by atoms with E-state index < -0.39 is 37.3 Å². The van der Waals surface area contributed by atoms with Crippen LogP contribution in [0.2, 0.25) is 0 Å². The molecule has 0 radical (unpaired) electrons. The fourth-order valence-corrected chi connectivity index (χ4v) is 3.75. The van der Waals surface area contributed by atoms with Gasteiger partial charge in [-0.05, 0) is 6.42 Å². The van der Waals surface area contributed by atoms with Crippen molar-refractivity contribution in [2.75, 3.05) is 6.61 Å². The minimum Gasteiger partial charge on any atom is -0.394 e. The van der Waals surface area contributed by atoms with Gasteiger partial charge in [0, 0.05) is 6.42 Å². The molecule has 5 atom stereocenters. The van der Waals surface area contributed by atoms with Crippen LogP contribution >= 0.6 is 0 Å². The van der Waals surface area contributed by atoms with Crippen LogP contribution in [0.25, 0.3) is 0 Å². The van der Waals surface area contributed by atoms with Crippen molar-refractivity contribution in [3.63, 3.8) is 0 Å². The third-order valence-corrected chi connectivity index (χ3v) is 5.70. The van der Waals surface area contributed by atoms with E-state index in [0.717, 1.165) is 19.3 Å². The van der Waals surface area contributed by atoms with E-state index in [1.54, 1.807) is 0 Å². The second-order valence-electron chi connectivity index (χ2n) is 8.31. The van der Waals surface area contributed by atoms with Crippen LogP contribution in [0.15, 0.2) is 0 Å². The topological polar surface area (TPSA) is 119 Å². The second-order valence-corrected chi connectivity index (χ2v) is 8.31. The van der Waals surface area contributed by atoms with Crippen LogP contribution in [0.4, 0.5) is 0 Å². The van der Waals surface area contributed by atoms with Gasteiger partial charge in [-0.25, -0.2) is 0 Å². The number of carbonyl (C=O) groups excluding carboxylic acids is 1.